The van der Waals surface area contributed by atoms with Crippen LogP contribution in [0.15, 0.2) is 59.3 Å². The number of nitro benzene ring substituents is 1. The molecule has 0 aliphatic carbocycles. The van der Waals surface area contributed by atoms with E-state index in [-0.39, 0.29) is 17.1 Å². The van der Waals surface area contributed by atoms with Gasteiger partial charge in [0.1, 0.15) is 5.69 Å². The monoisotopic (exact) mass is 428 g/mol. The second kappa shape index (κ2) is 10.4. The van der Waals surface area contributed by atoms with E-state index in [9.17, 15) is 19.7 Å². The van der Waals surface area contributed by atoms with Gasteiger partial charge in [0.05, 0.1) is 15.6 Å². The molecule has 0 aliphatic rings. The third-order valence-corrected chi connectivity index (χ3v) is 4.71. The van der Waals surface area contributed by atoms with Crippen LogP contribution in [-0.2, 0) is 9.59 Å². The normalized spacial score (nSPS) is 10.8. The van der Waals surface area contributed by atoms with Crippen LogP contribution >= 0.6 is 11.6 Å². The van der Waals surface area contributed by atoms with Gasteiger partial charge in [0.2, 0.25) is 11.6 Å². The highest BCUT2D eigenvalue weighted by Gasteiger charge is 2.13. The highest BCUT2D eigenvalue weighted by Crippen LogP contribution is 2.32. The first-order chi connectivity index (χ1) is 14.3. The van der Waals surface area contributed by atoms with Crippen molar-refractivity contribution in [2.45, 2.75) is 20.3 Å². The summed E-state index contributed by atoms with van der Waals surface area (Å²) in [5, 5.41) is 19.2. The SMILES string of the molecule is C=CC(=O)C(=O)CCN(CC)c1ccc(/N=N/c2ccc([N+](=O)[O-])cc2Cl)c(C)c1. The predicted octanol–water partition coefficient (Wildman–Crippen LogP) is 5.51. The molecule has 0 radical (unpaired) electrons. The summed E-state index contributed by atoms with van der Waals surface area (Å²) in [6.45, 7) is 8.22. The molecule has 0 atom stereocenters. The Kier molecular flexibility index (Phi) is 7.94. The Bertz CT molecular complexity index is 1020. The van der Waals surface area contributed by atoms with E-state index in [0.717, 1.165) is 17.3 Å². The van der Waals surface area contributed by atoms with Crippen molar-refractivity contribution in [3.8, 4) is 0 Å². The first-order valence-electron chi connectivity index (χ1n) is 9.17. The third-order valence-electron chi connectivity index (χ3n) is 4.40. The van der Waals surface area contributed by atoms with Crippen molar-refractivity contribution in [1.29, 1.82) is 0 Å². The van der Waals surface area contributed by atoms with Crippen LogP contribution in [0.25, 0.3) is 0 Å². The second-order valence-electron chi connectivity index (χ2n) is 6.38. The summed E-state index contributed by atoms with van der Waals surface area (Å²) in [4.78, 5) is 35.3. The van der Waals surface area contributed by atoms with Gasteiger partial charge in [-0.15, -0.1) is 5.11 Å². The molecular weight excluding hydrogens is 408 g/mol. The van der Waals surface area contributed by atoms with E-state index in [2.05, 4.69) is 16.8 Å². The lowest BCUT2D eigenvalue weighted by atomic mass is 10.1. The molecule has 2 rings (SSSR count). The molecular formula is C21H21ClN4O4. The van der Waals surface area contributed by atoms with Crippen LogP contribution in [0.2, 0.25) is 5.02 Å². The fourth-order valence-electron chi connectivity index (χ4n) is 2.69. The number of hydrogen-bond donors (Lipinski definition) is 0. The van der Waals surface area contributed by atoms with Crippen LogP contribution in [0.1, 0.15) is 18.9 Å². The number of anilines is 1. The molecule has 0 N–H and O–H groups in total. The minimum atomic E-state index is -0.581. The summed E-state index contributed by atoms with van der Waals surface area (Å²) in [6.07, 6.45) is 1.14. The van der Waals surface area contributed by atoms with E-state index in [0.29, 0.717) is 24.5 Å². The number of azo groups is 1. The van der Waals surface area contributed by atoms with Crippen molar-refractivity contribution >= 4 is 45.9 Å². The molecule has 0 saturated heterocycles. The van der Waals surface area contributed by atoms with Crippen LogP contribution < -0.4 is 4.90 Å². The van der Waals surface area contributed by atoms with Gasteiger partial charge in [0.15, 0.2) is 0 Å². The Balaban J connectivity index is 2.15. The smallest absolute Gasteiger partial charge is 0.271 e. The molecule has 0 unspecified atom stereocenters. The van der Waals surface area contributed by atoms with E-state index >= 15 is 0 Å². The Morgan fingerprint density at radius 1 is 1.20 bits per heavy atom. The number of benzene rings is 2. The maximum atomic E-state index is 11.7. The molecule has 0 amide bonds. The zero-order valence-electron chi connectivity index (χ0n) is 16.7. The first-order valence-corrected chi connectivity index (χ1v) is 9.55. The molecule has 0 spiro atoms. The number of aryl methyl sites for hydroxylation is 1. The van der Waals surface area contributed by atoms with Gasteiger partial charge in [0.25, 0.3) is 5.69 Å². The van der Waals surface area contributed by atoms with Crippen molar-refractivity contribution in [3.05, 3.63) is 69.8 Å². The fourth-order valence-corrected chi connectivity index (χ4v) is 2.90. The van der Waals surface area contributed by atoms with Crippen LogP contribution in [0.5, 0.6) is 0 Å². The molecule has 30 heavy (non-hydrogen) atoms. The number of rotatable bonds is 10. The second-order valence-corrected chi connectivity index (χ2v) is 6.79. The van der Waals surface area contributed by atoms with Crippen molar-refractivity contribution in [1.82, 2.24) is 0 Å². The number of allylic oxidation sites excluding steroid dienone is 1. The van der Waals surface area contributed by atoms with E-state index in [1.165, 1.54) is 18.2 Å². The number of ketones is 2. The number of carbonyl (C=O) groups excluding carboxylic acids is 2. The first kappa shape index (κ1) is 22.9. The Labute approximate surface area is 179 Å². The summed E-state index contributed by atoms with van der Waals surface area (Å²) < 4.78 is 0. The molecule has 0 bridgehead atoms. The van der Waals surface area contributed by atoms with Gasteiger partial charge >= 0.3 is 0 Å². The summed E-state index contributed by atoms with van der Waals surface area (Å²) >= 11 is 6.04. The van der Waals surface area contributed by atoms with E-state index in [1.807, 2.05) is 30.9 Å². The van der Waals surface area contributed by atoms with Gasteiger partial charge in [-0.1, -0.05) is 18.2 Å². The maximum Gasteiger partial charge on any atom is 0.271 e. The van der Waals surface area contributed by atoms with Crippen molar-refractivity contribution in [2.24, 2.45) is 10.2 Å². The number of halogens is 1. The summed E-state index contributed by atoms with van der Waals surface area (Å²) in [7, 11) is 0. The van der Waals surface area contributed by atoms with E-state index in [1.54, 1.807) is 6.07 Å². The van der Waals surface area contributed by atoms with Crippen LogP contribution in [0, 0.1) is 17.0 Å². The van der Waals surface area contributed by atoms with Crippen LogP contribution in [-0.4, -0.2) is 29.6 Å². The number of nitro groups is 1. The van der Waals surface area contributed by atoms with Gasteiger partial charge in [-0.25, -0.2) is 0 Å². The molecule has 2 aromatic rings. The van der Waals surface area contributed by atoms with E-state index < -0.39 is 16.5 Å². The zero-order valence-corrected chi connectivity index (χ0v) is 17.4. The lowest BCUT2D eigenvalue weighted by Crippen LogP contribution is -2.27. The average molecular weight is 429 g/mol. The van der Waals surface area contributed by atoms with Crippen molar-refractivity contribution in [2.75, 3.05) is 18.0 Å². The van der Waals surface area contributed by atoms with Crippen molar-refractivity contribution in [3.63, 3.8) is 0 Å². The molecule has 9 heteroatoms. The minimum Gasteiger partial charge on any atom is -0.371 e. The minimum absolute atomic E-state index is 0.109. The topological polar surface area (TPSA) is 105 Å². The lowest BCUT2D eigenvalue weighted by molar-refractivity contribution is -0.384. The summed E-state index contributed by atoms with van der Waals surface area (Å²) in [5.41, 5.74) is 2.56. The van der Waals surface area contributed by atoms with Crippen LogP contribution in [0.4, 0.5) is 22.7 Å². The van der Waals surface area contributed by atoms with E-state index in [4.69, 9.17) is 11.6 Å². The number of hydrogen-bond acceptors (Lipinski definition) is 7. The fraction of sp³-hybridized carbons (Fsp3) is 0.238. The number of non-ortho nitro benzene ring substituents is 1. The largest absolute Gasteiger partial charge is 0.371 e. The molecule has 0 fully saturated rings. The van der Waals surface area contributed by atoms with Gasteiger partial charge in [-0.3, -0.25) is 19.7 Å². The summed E-state index contributed by atoms with van der Waals surface area (Å²) in [6, 6.07) is 9.52. The highest BCUT2D eigenvalue weighted by molar-refractivity contribution is 6.41. The van der Waals surface area contributed by atoms with Gasteiger partial charge in [-0.2, -0.15) is 5.11 Å². The quantitative estimate of drug-likeness (QED) is 0.163. The predicted molar refractivity (Wildman–Crippen MR) is 116 cm³/mol. The van der Waals surface area contributed by atoms with Gasteiger partial charge in [-0.05, 0) is 49.8 Å². The number of nitrogens with zero attached hydrogens (tertiary/aromatic N) is 4. The standard InChI is InChI=1S/C21H21ClN4O4/c1-4-20(27)21(28)10-11-25(5-2)15-6-8-18(14(3)12-15)23-24-19-9-7-16(26(29)30)13-17(19)22/h4,6-9,12-13H,1,5,10-11H2,2-3H3/b24-23+. The molecule has 0 heterocycles. The lowest BCUT2D eigenvalue weighted by Gasteiger charge is -2.23. The Morgan fingerprint density at radius 2 is 1.87 bits per heavy atom. The van der Waals surface area contributed by atoms with Gasteiger partial charge < -0.3 is 4.90 Å². The number of carbonyl (C=O) groups is 2. The Hall–Kier alpha value is -3.39. The third kappa shape index (κ3) is 5.81. The average Bonchev–Trinajstić information content (AvgIpc) is 2.73. The molecule has 8 nitrogen and oxygen atoms in total. The molecule has 0 aromatic heterocycles. The van der Waals surface area contributed by atoms with Gasteiger partial charge in [0, 0.05) is 37.3 Å². The molecule has 0 saturated carbocycles. The molecule has 156 valence electrons. The highest BCUT2D eigenvalue weighted by atomic mass is 35.5. The molecule has 0 aliphatic heterocycles. The summed E-state index contributed by atoms with van der Waals surface area (Å²) in [5.74, 6) is -1.05. The van der Waals surface area contributed by atoms with Crippen molar-refractivity contribution < 1.29 is 14.5 Å². The zero-order chi connectivity index (χ0) is 22.3. The van der Waals surface area contributed by atoms with Crippen LogP contribution in [0.3, 0.4) is 0 Å². The Morgan fingerprint density at radius 3 is 2.43 bits per heavy atom. The maximum absolute atomic E-state index is 11.7. The number of Topliss-reactive ketones (excluding diaryl/α,β-unsaturated/α-hetero) is 1. The molecule has 2 aromatic carbocycles.